The molecule has 0 saturated heterocycles. The van der Waals surface area contributed by atoms with Gasteiger partial charge in [0.1, 0.15) is 0 Å². The molecule has 1 heterocycles. The number of nitrogens with zero attached hydrogens (tertiary/aromatic N) is 2. The van der Waals surface area contributed by atoms with Gasteiger partial charge in [-0.15, -0.1) is 35.3 Å². The van der Waals surface area contributed by atoms with Crippen molar-refractivity contribution in [2.45, 2.75) is 40.2 Å². The van der Waals surface area contributed by atoms with Gasteiger partial charge in [0.25, 0.3) is 0 Å². The zero-order valence-electron chi connectivity index (χ0n) is 14.8. The van der Waals surface area contributed by atoms with Crippen LogP contribution in [0.1, 0.15) is 41.0 Å². The summed E-state index contributed by atoms with van der Waals surface area (Å²) in [5, 5.41) is 7.91. The number of rotatable bonds is 6. The first-order valence-corrected chi connectivity index (χ1v) is 8.94. The lowest BCUT2D eigenvalue weighted by Gasteiger charge is -2.18. The minimum atomic E-state index is 0. The Balaban J connectivity index is 0.00000288. The average molecular weight is 458 g/mol. The maximum absolute atomic E-state index is 4.70. The summed E-state index contributed by atoms with van der Waals surface area (Å²) in [6.45, 7) is 9.98. The van der Waals surface area contributed by atoms with E-state index in [1.165, 1.54) is 10.4 Å². The van der Waals surface area contributed by atoms with Gasteiger partial charge in [-0.25, -0.2) is 4.98 Å². The van der Waals surface area contributed by atoms with E-state index >= 15 is 0 Å². The minimum absolute atomic E-state index is 0. The predicted octanol–water partition coefficient (Wildman–Crippen LogP) is 4.24. The summed E-state index contributed by atoms with van der Waals surface area (Å²) < 4.78 is 0. The summed E-state index contributed by atoms with van der Waals surface area (Å²) in [6, 6.07) is 10.6. The molecule has 0 radical (unpaired) electrons. The molecule has 2 aromatic rings. The third-order valence-corrected chi connectivity index (χ3v) is 4.74. The fraction of sp³-hybridized carbons (Fsp3) is 0.444. The van der Waals surface area contributed by atoms with Crippen LogP contribution in [0.5, 0.6) is 0 Å². The molecule has 0 bridgehead atoms. The molecule has 1 aromatic carbocycles. The molecular formula is C18H27IN4S. The number of hydrogen-bond donors (Lipinski definition) is 2. The number of guanidine groups is 1. The Hall–Kier alpha value is -1.15. The lowest BCUT2D eigenvalue weighted by atomic mass is 10.1. The van der Waals surface area contributed by atoms with Gasteiger partial charge >= 0.3 is 0 Å². The van der Waals surface area contributed by atoms with E-state index in [-0.39, 0.29) is 30.0 Å². The molecule has 0 aliphatic carbocycles. The van der Waals surface area contributed by atoms with Gasteiger partial charge in [0.05, 0.1) is 16.7 Å². The Morgan fingerprint density at radius 1 is 1.25 bits per heavy atom. The lowest BCUT2D eigenvalue weighted by Crippen LogP contribution is -2.38. The Kier molecular flexibility index (Phi) is 9.28. The lowest BCUT2D eigenvalue weighted by molar-refractivity contribution is 0.686. The molecule has 0 fully saturated rings. The van der Waals surface area contributed by atoms with Gasteiger partial charge in [0.2, 0.25) is 0 Å². The van der Waals surface area contributed by atoms with Gasteiger partial charge in [0, 0.05) is 24.4 Å². The summed E-state index contributed by atoms with van der Waals surface area (Å²) in [6.07, 6.45) is 0.938. The van der Waals surface area contributed by atoms with Crippen molar-refractivity contribution >= 4 is 41.3 Å². The maximum Gasteiger partial charge on any atom is 0.191 e. The fourth-order valence-electron chi connectivity index (χ4n) is 2.42. The second-order valence-electron chi connectivity index (χ2n) is 5.53. The van der Waals surface area contributed by atoms with Crippen LogP contribution in [0.3, 0.4) is 0 Å². The maximum atomic E-state index is 4.70. The van der Waals surface area contributed by atoms with Gasteiger partial charge in [0.15, 0.2) is 5.96 Å². The second kappa shape index (κ2) is 10.7. The highest BCUT2D eigenvalue weighted by Crippen LogP contribution is 2.17. The zero-order valence-corrected chi connectivity index (χ0v) is 17.9. The topological polar surface area (TPSA) is 49.3 Å². The minimum Gasteiger partial charge on any atom is -0.357 e. The van der Waals surface area contributed by atoms with Crippen LogP contribution in [0, 0.1) is 13.8 Å². The molecule has 1 aromatic heterocycles. The van der Waals surface area contributed by atoms with E-state index in [4.69, 9.17) is 4.99 Å². The van der Waals surface area contributed by atoms with Crippen LogP contribution in [0.4, 0.5) is 0 Å². The Labute approximate surface area is 166 Å². The molecule has 2 rings (SSSR count). The monoisotopic (exact) mass is 458 g/mol. The number of thiazole rings is 1. The van der Waals surface area contributed by atoms with E-state index in [1.807, 2.05) is 6.07 Å². The summed E-state index contributed by atoms with van der Waals surface area (Å²) in [4.78, 5) is 10.5. The van der Waals surface area contributed by atoms with Crippen LogP contribution >= 0.6 is 35.3 Å². The number of aliphatic imine (C=N–C) groups is 1. The molecule has 6 heteroatoms. The van der Waals surface area contributed by atoms with Crippen molar-refractivity contribution in [1.29, 1.82) is 0 Å². The van der Waals surface area contributed by atoms with E-state index in [2.05, 4.69) is 67.6 Å². The zero-order chi connectivity index (χ0) is 16.7. The number of benzene rings is 1. The van der Waals surface area contributed by atoms with Crippen LogP contribution in [-0.4, -0.2) is 24.0 Å². The molecule has 1 atom stereocenters. The Morgan fingerprint density at radius 2 is 1.96 bits per heavy atom. The molecule has 1 unspecified atom stereocenters. The number of hydrogen-bond acceptors (Lipinski definition) is 3. The van der Waals surface area contributed by atoms with Crippen LogP contribution < -0.4 is 10.6 Å². The standard InChI is InChI=1S/C18H26N4S.HI/c1-5-19-18(22-13(2)16-9-7-6-8-10-16)20-12-11-17-14(3)21-15(4)23-17;/h6-10,13H,5,11-12H2,1-4H3,(H2,19,20,22);1H. The molecule has 0 aliphatic heterocycles. The highest BCUT2D eigenvalue weighted by molar-refractivity contribution is 14.0. The van der Waals surface area contributed by atoms with Crippen LogP contribution in [0.2, 0.25) is 0 Å². The van der Waals surface area contributed by atoms with Gasteiger partial charge < -0.3 is 10.6 Å². The quantitative estimate of drug-likeness (QED) is 0.387. The number of aryl methyl sites for hydroxylation is 2. The summed E-state index contributed by atoms with van der Waals surface area (Å²) in [5.41, 5.74) is 2.39. The number of aromatic nitrogens is 1. The molecule has 0 spiro atoms. The highest BCUT2D eigenvalue weighted by Gasteiger charge is 2.08. The first-order chi connectivity index (χ1) is 11.1. The van der Waals surface area contributed by atoms with Crippen molar-refractivity contribution in [3.63, 3.8) is 0 Å². The number of nitrogens with one attached hydrogen (secondary N) is 2. The third kappa shape index (κ3) is 6.39. The predicted molar refractivity (Wildman–Crippen MR) is 115 cm³/mol. The van der Waals surface area contributed by atoms with E-state index in [9.17, 15) is 0 Å². The molecule has 2 N–H and O–H groups in total. The Bertz CT molecular complexity index is 640. The largest absolute Gasteiger partial charge is 0.357 e. The van der Waals surface area contributed by atoms with Crippen molar-refractivity contribution < 1.29 is 0 Å². The van der Waals surface area contributed by atoms with Crippen molar-refractivity contribution in [3.05, 3.63) is 51.5 Å². The molecule has 0 saturated carbocycles. The summed E-state index contributed by atoms with van der Waals surface area (Å²) in [7, 11) is 0. The van der Waals surface area contributed by atoms with Gasteiger partial charge in [-0.3, -0.25) is 4.99 Å². The van der Waals surface area contributed by atoms with Gasteiger partial charge in [-0.05, 0) is 33.3 Å². The third-order valence-electron chi connectivity index (χ3n) is 3.61. The second-order valence-corrected chi connectivity index (χ2v) is 6.82. The van der Waals surface area contributed by atoms with Gasteiger partial charge in [-0.1, -0.05) is 30.3 Å². The van der Waals surface area contributed by atoms with Crippen molar-refractivity contribution in [2.75, 3.05) is 13.1 Å². The van der Waals surface area contributed by atoms with Crippen molar-refractivity contribution in [2.24, 2.45) is 4.99 Å². The average Bonchev–Trinajstić information content (AvgIpc) is 2.86. The molecule has 132 valence electrons. The van der Waals surface area contributed by atoms with Crippen LogP contribution in [0.15, 0.2) is 35.3 Å². The van der Waals surface area contributed by atoms with Crippen LogP contribution in [0.25, 0.3) is 0 Å². The van der Waals surface area contributed by atoms with E-state index < -0.39 is 0 Å². The normalized spacial score (nSPS) is 12.4. The summed E-state index contributed by atoms with van der Waals surface area (Å²) >= 11 is 1.77. The molecule has 24 heavy (non-hydrogen) atoms. The van der Waals surface area contributed by atoms with E-state index in [1.54, 1.807) is 11.3 Å². The SMILES string of the molecule is CCNC(=NCCc1sc(C)nc1C)NC(C)c1ccccc1.I. The Morgan fingerprint density at radius 3 is 2.54 bits per heavy atom. The van der Waals surface area contributed by atoms with Crippen molar-refractivity contribution in [3.8, 4) is 0 Å². The summed E-state index contributed by atoms with van der Waals surface area (Å²) in [5.74, 6) is 0.864. The van der Waals surface area contributed by atoms with Crippen LogP contribution in [-0.2, 0) is 6.42 Å². The highest BCUT2D eigenvalue weighted by atomic mass is 127. The fourth-order valence-corrected chi connectivity index (χ4v) is 3.35. The molecule has 0 aliphatic rings. The van der Waals surface area contributed by atoms with Gasteiger partial charge in [-0.2, -0.15) is 0 Å². The van der Waals surface area contributed by atoms with E-state index in [0.717, 1.165) is 36.2 Å². The van der Waals surface area contributed by atoms with Crippen molar-refractivity contribution in [1.82, 2.24) is 15.6 Å². The number of halogens is 1. The molecule has 4 nitrogen and oxygen atoms in total. The first kappa shape index (κ1) is 20.9. The molecular weight excluding hydrogens is 431 g/mol. The smallest absolute Gasteiger partial charge is 0.191 e. The van der Waals surface area contributed by atoms with E-state index in [0.29, 0.717) is 0 Å². The molecule has 0 amide bonds. The first-order valence-electron chi connectivity index (χ1n) is 8.12.